The first-order valence-corrected chi connectivity index (χ1v) is 12.5. The van der Waals surface area contributed by atoms with Gasteiger partial charge in [-0.2, -0.15) is 0 Å². The number of nitrogens with one attached hydrogen (secondary N) is 1. The van der Waals surface area contributed by atoms with Crippen molar-refractivity contribution < 1.29 is 9.72 Å². The van der Waals surface area contributed by atoms with E-state index in [1.807, 2.05) is 11.4 Å². The fraction of sp³-hybridized carbons (Fsp3) is 0.409. The molecule has 4 rings (SSSR count). The minimum Gasteiger partial charge on any atom is -0.350 e. The van der Waals surface area contributed by atoms with Crippen LogP contribution in [0.2, 0.25) is 0 Å². The Bertz CT molecular complexity index is 1110. The number of aryl methyl sites for hydroxylation is 1. The number of carbonyl (C=O) groups is 1. The van der Waals surface area contributed by atoms with Crippen molar-refractivity contribution in [1.29, 1.82) is 0 Å². The van der Waals surface area contributed by atoms with Crippen molar-refractivity contribution in [3.8, 4) is 0 Å². The van der Waals surface area contributed by atoms with E-state index in [0.29, 0.717) is 16.6 Å². The molecule has 1 aliphatic heterocycles. The summed E-state index contributed by atoms with van der Waals surface area (Å²) in [4.78, 5) is 28.2. The topological polar surface area (TPSA) is 106 Å². The summed E-state index contributed by atoms with van der Waals surface area (Å²) in [6, 6.07) is 8.76. The second-order valence-electron chi connectivity index (χ2n) is 8.23. The molecule has 33 heavy (non-hydrogen) atoms. The molecule has 11 heteroatoms. The highest BCUT2D eigenvalue weighted by Gasteiger charge is 2.26. The van der Waals surface area contributed by atoms with Gasteiger partial charge in [-0.25, -0.2) is 0 Å². The van der Waals surface area contributed by atoms with Gasteiger partial charge in [-0.15, -0.1) is 21.5 Å². The van der Waals surface area contributed by atoms with Crippen LogP contribution in [0.25, 0.3) is 0 Å². The zero-order valence-corrected chi connectivity index (χ0v) is 20.1. The van der Waals surface area contributed by atoms with E-state index < -0.39 is 4.92 Å². The maximum atomic E-state index is 12.9. The molecule has 1 unspecified atom stereocenters. The molecular weight excluding hydrogens is 460 g/mol. The molecular formula is C22H26N6O3S2. The Kier molecular flexibility index (Phi) is 7.41. The lowest BCUT2D eigenvalue weighted by Crippen LogP contribution is -2.41. The standard InChI is InChI=1S/C22H26N6O3S2/c1-15-7-9-27(10-8-15)18(19-4-3-11-32-19)13-23-21(29)16-5-6-20(17(12-16)28(30)31)33-22-25-24-14-26(22)2/h3-6,11-12,14-15,18H,7-10,13H2,1-2H3,(H,23,29). The first kappa shape index (κ1) is 23.4. The summed E-state index contributed by atoms with van der Waals surface area (Å²) in [6.07, 6.45) is 3.82. The number of nitro benzene ring substituents is 1. The van der Waals surface area contributed by atoms with Crippen molar-refractivity contribution in [2.45, 2.75) is 35.9 Å². The number of likely N-dealkylation sites (tertiary alicyclic amines) is 1. The highest BCUT2D eigenvalue weighted by atomic mass is 32.2. The van der Waals surface area contributed by atoms with Crippen molar-refractivity contribution >= 4 is 34.7 Å². The summed E-state index contributed by atoms with van der Waals surface area (Å²) in [7, 11) is 1.77. The van der Waals surface area contributed by atoms with Gasteiger partial charge < -0.3 is 9.88 Å². The highest BCUT2D eigenvalue weighted by molar-refractivity contribution is 7.99. The van der Waals surface area contributed by atoms with Gasteiger partial charge >= 0.3 is 0 Å². The molecule has 2 aromatic heterocycles. The number of piperidine rings is 1. The van der Waals surface area contributed by atoms with Crippen molar-refractivity contribution in [2.75, 3.05) is 19.6 Å². The van der Waals surface area contributed by atoms with E-state index in [1.165, 1.54) is 17.3 Å². The minimum atomic E-state index is -0.473. The van der Waals surface area contributed by atoms with E-state index in [9.17, 15) is 14.9 Å². The SMILES string of the molecule is CC1CCN(C(CNC(=O)c2ccc(Sc3nncn3C)c([N+](=O)[O-])c2)c2cccs2)CC1. The smallest absolute Gasteiger partial charge is 0.284 e. The number of benzene rings is 1. The number of rotatable bonds is 8. The van der Waals surface area contributed by atoms with Gasteiger partial charge in [0.2, 0.25) is 0 Å². The molecule has 1 atom stereocenters. The Labute approximate surface area is 200 Å². The molecule has 0 spiro atoms. The van der Waals surface area contributed by atoms with Crippen molar-refractivity contribution in [2.24, 2.45) is 13.0 Å². The molecule has 0 aliphatic carbocycles. The van der Waals surface area contributed by atoms with Crippen LogP contribution in [0.1, 0.15) is 41.0 Å². The number of thiophene rings is 1. The predicted octanol–water partition coefficient (Wildman–Crippen LogP) is 4.14. The largest absolute Gasteiger partial charge is 0.350 e. The zero-order valence-electron chi connectivity index (χ0n) is 18.5. The van der Waals surface area contributed by atoms with Gasteiger partial charge in [0.25, 0.3) is 11.6 Å². The second kappa shape index (κ2) is 10.4. The van der Waals surface area contributed by atoms with Crippen LogP contribution in [-0.4, -0.2) is 50.1 Å². The van der Waals surface area contributed by atoms with Crippen LogP contribution in [0.5, 0.6) is 0 Å². The van der Waals surface area contributed by atoms with E-state index in [-0.39, 0.29) is 23.2 Å². The molecule has 1 N–H and O–H groups in total. The lowest BCUT2D eigenvalue weighted by molar-refractivity contribution is -0.387. The van der Waals surface area contributed by atoms with Crippen LogP contribution < -0.4 is 5.32 Å². The molecule has 3 heterocycles. The van der Waals surface area contributed by atoms with Crippen LogP contribution in [0.15, 0.2) is 52.1 Å². The van der Waals surface area contributed by atoms with Crippen molar-refractivity contribution in [3.05, 3.63) is 62.6 Å². The summed E-state index contributed by atoms with van der Waals surface area (Å²) in [6.45, 7) is 4.73. The molecule has 9 nitrogen and oxygen atoms in total. The third-order valence-electron chi connectivity index (χ3n) is 5.88. The number of hydrogen-bond donors (Lipinski definition) is 1. The van der Waals surface area contributed by atoms with Gasteiger partial charge in [0.1, 0.15) is 6.33 Å². The summed E-state index contributed by atoms with van der Waals surface area (Å²) in [5.41, 5.74) is 0.136. The van der Waals surface area contributed by atoms with Gasteiger partial charge in [0.05, 0.1) is 15.9 Å². The third kappa shape index (κ3) is 5.60. The summed E-state index contributed by atoms with van der Waals surface area (Å²) >= 11 is 2.83. The molecule has 1 aliphatic rings. The van der Waals surface area contributed by atoms with E-state index in [0.717, 1.165) is 43.6 Å². The van der Waals surface area contributed by atoms with Crippen LogP contribution in [0, 0.1) is 16.0 Å². The maximum Gasteiger partial charge on any atom is 0.284 e. The lowest BCUT2D eigenvalue weighted by atomic mass is 9.97. The van der Waals surface area contributed by atoms with Gasteiger partial charge in [0.15, 0.2) is 5.16 Å². The van der Waals surface area contributed by atoms with Crippen molar-refractivity contribution in [3.63, 3.8) is 0 Å². The van der Waals surface area contributed by atoms with Crippen molar-refractivity contribution in [1.82, 2.24) is 25.0 Å². The molecule has 1 amide bonds. The quantitative estimate of drug-likeness (QED) is 0.377. The number of nitrogens with zero attached hydrogens (tertiary/aromatic N) is 5. The first-order chi connectivity index (χ1) is 15.9. The Morgan fingerprint density at radius 1 is 1.36 bits per heavy atom. The van der Waals surface area contributed by atoms with Gasteiger partial charge in [0, 0.05) is 30.1 Å². The predicted molar refractivity (Wildman–Crippen MR) is 128 cm³/mol. The van der Waals surface area contributed by atoms with E-state index >= 15 is 0 Å². The Morgan fingerprint density at radius 2 is 2.15 bits per heavy atom. The third-order valence-corrected chi connectivity index (χ3v) is 7.97. The Morgan fingerprint density at radius 3 is 2.79 bits per heavy atom. The molecule has 174 valence electrons. The Hall–Kier alpha value is -2.76. The second-order valence-corrected chi connectivity index (χ2v) is 10.2. The average molecular weight is 487 g/mol. The molecule has 0 saturated carbocycles. The molecule has 3 aromatic rings. The van der Waals surface area contributed by atoms with Gasteiger partial charge in [-0.1, -0.05) is 13.0 Å². The molecule has 1 fully saturated rings. The number of hydrogen-bond acceptors (Lipinski definition) is 8. The average Bonchev–Trinajstić information content (AvgIpc) is 3.47. The first-order valence-electron chi connectivity index (χ1n) is 10.8. The van der Waals surface area contributed by atoms with E-state index in [1.54, 1.807) is 35.1 Å². The number of carbonyl (C=O) groups excluding carboxylic acids is 1. The molecule has 1 aromatic carbocycles. The van der Waals surface area contributed by atoms with Gasteiger partial charge in [-0.3, -0.25) is 19.8 Å². The normalized spacial score (nSPS) is 15.9. The number of aromatic nitrogens is 3. The van der Waals surface area contributed by atoms with Crippen LogP contribution in [-0.2, 0) is 7.05 Å². The fourth-order valence-corrected chi connectivity index (χ4v) is 5.58. The molecule has 1 saturated heterocycles. The highest BCUT2D eigenvalue weighted by Crippen LogP contribution is 2.34. The van der Waals surface area contributed by atoms with Crippen LogP contribution in [0.4, 0.5) is 5.69 Å². The zero-order chi connectivity index (χ0) is 23.4. The summed E-state index contributed by atoms with van der Waals surface area (Å²) in [5, 5.41) is 25.0. The monoisotopic (exact) mass is 486 g/mol. The number of nitro groups is 1. The van der Waals surface area contributed by atoms with E-state index in [2.05, 4.69) is 33.4 Å². The summed E-state index contributed by atoms with van der Waals surface area (Å²) < 4.78 is 1.68. The lowest BCUT2D eigenvalue weighted by Gasteiger charge is -2.36. The van der Waals surface area contributed by atoms with Crippen LogP contribution in [0.3, 0.4) is 0 Å². The van der Waals surface area contributed by atoms with E-state index in [4.69, 9.17) is 0 Å². The fourth-order valence-electron chi connectivity index (χ4n) is 3.87. The molecule has 0 radical (unpaired) electrons. The Balaban J connectivity index is 1.48. The van der Waals surface area contributed by atoms with Crippen LogP contribution >= 0.6 is 23.1 Å². The van der Waals surface area contributed by atoms with Gasteiger partial charge in [-0.05, 0) is 67.2 Å². The summed E-state index contributed by atoms with van der Waals surface area (Å²) in [5.74, 6) is 0.401. The minimum absolute atomic E-state index is 0.0992. The number of amides is 1. The maximum absolute atomic E-state index is 12.9. The molecule has 0 bridgehead atoms.